The Kier molecular flexibility index (Phi) is 2.52. The van der Waals surface area contributed by atoms with E-state index in [1.54, 1.807) is 6.07 Å². The van der Waals surface area contributed by atoms with Crippen molar-refractivity contribution in [2.24, 2.45) is 0 Å². The minimum Gasteiger partial charge on any atom is -0.493 e. The van der Waals surface area contributed by atoms with Crippen LogP contribution in [0.1, 0.15) is 6.92 Å². The summed E-state index contributed by atoms with van der Waals surface area (Å²) in [6.45, 7) is 3.60. The van der Waals surface area contributed by atoms with E-state index < -0.39 is 0 Å². The van der Waals surface area contributed by atoms with E-state index >= 15 is 0 Å². The van der Waals surface area contributed by atoms with Gasteiger partial charge in [-0.1, -0.05) is 0 Å². The van der Waals surface area contributed by atoms with Crippen molar-refractivity contribution >= 4 is 0 Å². The first-order valence-electron chi connectivity index (χ1n) is 4.86. The summed E-state index contributed by atoms with van der Waals surface area (Å²) in [6, 6.07) is 4.29. The first kappa shape index (κ1) is 10.2. The van der Waals surface area contributed by atoms with Crippen molar-refractivity contribution < 1.29 is 13.9 Å². The summed E-state index contributed by atoms with van der Waals surface area (Å²) in [5.74, 6) is 0.696. The molecule has 1 aromatic rings. The van der Waals surface area contributed by atoms with Gasteiger partial charge in [0, 0.05) is 19.2 Å². The number of hydrogen-bond donors (Lipinski definition) is 1. The quantitative estimate of drug-likeness (QED) is 0.823. The Balaban J connectivity index is 2.20. The number of hydrogen-bond acceptors (Lipinski definition) is 3. The molecular formula is C11H14FNO2. The van der Waals surface area contributed by atoms with Gasteiger partial charge in [0.15, 0.2) is 11.5 Å². The zero-order valence-corrected chi connectivity index (χ0v) is 8.84. The summed E-state index contributed by atoms with van der Waals surface area (Å²) in [7, 11) is 1.50. The average Bonchev–Trinajstić information content (AvgIpc) is 2.18. The molecule has 0 atom stereocenters. The Morgan fingerprint density at radius 2 is 2.07 bits per heavy atom. The normalized spacial score (nSPS) is 18.1. The van der Waals surface area contributed by atoms with Crippen molar-refractivity contribution in [3.63, 3.8) is 0 Å². The highest BCUT2D eigenvalue weighted by molar-refractivity contribution is 5.40. The number of methoxy groups -OCH3 is 1. The fourth-order valence-electron chi connectivity index (χ4n) is 1.54. The molecule has 1 saturated heterocycles. The van der Waals surface area contributed by atoms with Gasteiger partial charge < -0.3 is 14.8 Å². The van der Waals surface area contributed by atoms with Crippen LogP contribution in [0.25, 0.3) is 0 Å². The molecule has 2 rings (SSSR count). The smallest absolute Gasteiger partial charge is 0.163 e. The molecule has 15 heavy (non-hydrogen) atoms. The molecule has 0 radical (unpaired) electrons. The maximum atomic E-state index is 12.9. The third-order valence-corrected chi connectivity index (χ3v) is 2.48. The number of halogens is 1. The Bertz CT molecular complexity index is 364. The zero-order valence-electron chi connectivity index (χ0n) is 8.84. The van der Waals surface area contributed by atoms with E-state index in [2.05, 4.69) is 5.32 Å². The molecule has 1 fully saturated rings. The second kappa shape index (κ2) is 3.70. The number of rotatable bonds is 3. The van der Waals surface area contributed by atoms with E-state index in [4.69, 9.17) is 9.47 Å². The summed E-state index contributed by atoms with van der Waals surface area (Å²) in [5, 5.41) is 3.13. The number of benzene rings is 1. The molecule has 3 nitrogen and oxygen atoms in total. The van der Waals surface area contributed by atoms with Gasteiger partial charge in [0.2, 0.25) is 0 Å². The lowest BCUT2D eigenvalue weighted by molar-refractivity contribution is 0.0323. The predicted octanol–water partition coefficient (Wildman–Crippen LogP) is 1.57. The maximum absolute atomic E-state index is 12.9. The van der Waals surface area contributed by atoms with Crippen molar-refractivity contribution in [3.05, 3.63) is 24.0 Å². The zero-order chi connectivity index (χ0) is 10.9. The van der Waals surface area contributed by atoms with Crippen molar-refractivity contribution in [2.45, 2.75) is 12.5 Å². The Hall–Kier alpha value is -1.29. The van der Waals surface area contributed by atoms with Crippen LogP contribution in [-0.4, -0.2) is 25.8 Å². The summed E-state index contributed by atoms with van der Waals surface area (Å²) in [6.07, 6.45) is 0. The van der Waals surface area contributed by atoms with E-state index in [1.807, 2.05) is 6.92 Å². The van der Waals surface area contributed by atoms with E-state index in [-0.39, 0.29) is 11.4 Å². The van der Waals surface area contributed by atoms with Crippen LogP contribution in [0.4, 0.5) is 4.39 Å². The van der Waals surface area contributed by atoms with Crippen LogP contribution in [-0.2, 0) is 0 Å². The Morgan fingerprint density at radius 1 is 1.33 bits per heavy atom. The van der Waals surface area contributed by atoms with Crippen LogP contribution in [0.5, 0.6) is 11.5 Å². The van der Waals surface area contributed by atoms with Crippen LogP contribution in [0.3, 0.4) is 0 Å². The standard InChI is InChI=1S/C11H14FNO2/c1-11(6-13-7-11)15-9-4-3-8(12)5-10(9)14-2/h3-5,13H,6-7H2,1-2H3. The van der Waals surface area contributed by atoms with Gasteiger partial charge in [0.05, 0.1) is 7.11 Å². The van der Waals surface area contributed by atoms with Crippen LogP contribution < -0.4 is 14.8 Å². The molecule has 0 aromatic heterocycles. The summed E-state index contributed by atoms with van der Waals surface area (Å²) < 4.78 is 23.7. The number of ether oxygens (including phenoxy) is 2. The molecule has 1 aliphatic heterocycles. The molecule has 0 aliphatic carbocycles. The lowest BCUT2D eigenvalue weighted by Gasteiger charge is -2.39. The predicted molar refractivity (Wildman–Crippen MR) is 54.9 cm³/mol. The largest absolute Gasteiger partial charge is 0.493 e. The van der Waals surface area contributed by atoms with Crippen molar-refractivity contribution in [1.82, 2.24) is 5.32 Å². The van der Waals surface area contributed by atoms with Gasteiger partial charge >= 0.3 is 0 Å². The molecule has 1 aliphatic rings. The van der Waals surface area contributed by atoms with E-state index in [9.17, 15) is 4.39 Å². The first-order chi connectivity index (χ1) is 7.13. The average molecular weight is 211 g/mol. The van der Waals surface area contributed by atoms with E-state index in [0.717, 1.165) is 13.1 Å². The molecule has 0 amide bonds. The van der Waals surface area contributed by atoms with Gasteiger partial charge in [-0.15, -0.1) is 0 Å². The van der Waals surface area contributed by atoms with Crippen LogP contribution in [0.15, 0.2) is 18.2 Å². The monoisotopic (exact) mass is 211 g/mol. The lowest BCUT2D eigenvalue weighted by Crippen LogP contribution is -2.61. The maximum Gasteiger partial charge on any atom is 0.163 e. The molecule has 4 heteroatoms. The molecule has 0 saturated carbocycles. The summed E-state index contributed by atoms with van der Waals surface area (Å²) in [4.78, 5) is 0. The van der Waals surface area contributed by atoms with Crippen LogP contribution in [0, 0.1) is 5.82 Å². The highest BCUT2D eigenvalue weighted by atomic mass is 19.1. The lowest BCUT2D eigenvalue weighted by atomic mass is 10.00. The second-order valence-electron chi connectivity index (χ2n) is 3.95. The molecule has 1 heterocycles. The van der Waals surface area contributed by atoms with Crippen molar-refractivity contribution in [1.29, 1.82) is 0 Å². The molecule has 1 aromatic carbocycles. The highest BCUT2D eigenvalue weighted by Gasteiger charge is 2.34. The molecule has 1 N–H and O–H groups in total. The van der Waals surface area contributed by atoms with Gasteiger partial charge in [-0.25, -0.2) is 4.39 Å². The van der Waals surface area contributed by atoms with Gasteiger partial charge in [-0.2, -0.15) is 0 Å². The number of nitrogens with one attached hydrogen (secondary N) is 1. The Labute approximate surface area is 88.2 Å². The second-order valence-corrected chi connectivity index (χ2v) is 3.95. The molecule has 0 unspecified atom stereocenters. The van der Waals surface area contributed by atoms with Gasteiger partial charge in [0.1, 0.15) is 11.4 Å². The summed E-state index contributed by atoms with van der Waals surface area (Å²) >= 11 is 0. The molecule has 0 spiro atoms. The van der Waals surface area contributed by atoms with Crippen LogP contribution in [0.2, 0.25) is 0 Å². The van der Waals surface area contributed by atoms with Crippen molar-refractivity contribution in [2.75, 3.05) is 20.2 Å². The first-order valence-corrected chi connectivity index (χ1v) is 4.86. The van der Waals surface area contributed by atoms with Gasteiger partial charge in [0.25, 0.3) is 0 Å². The molecular weight excluding hydrogens is 197 g/mol. The van der Waals surface area contributed by atoms with E-state index in [0.29, 0.717) is 11.5 Å². The minimum absolute atomic E-state index is 0.203. The van der Waals surface area contributed by atoms with Gasteiger partial charge in [-0.05, 0) is 19.1 Å². The van der Waals surface area contributed by atoms with Crippen LogP contribution >= 0.6 is 0 Å². The highest BCUT2D eigenvalue weighted by Crippen LogP contribution is 2.31. The fraction of sp³-hybridized carbons (Fsp3) is 0.455. The summed E-state index contributed by atoms with van der Waals surface area (Å²) in [5.41, 5.74) is -0.203. The van der Waals surface area contributed by atoms with Gasteiger partial charge in [-0.3, -0.25) is 0 Å². The molecule has 0 bridgehead atoms. The Morgan fingerprint density at radius 3 is 2.60 bits per heavy atom. The topological polar surface area (TPSA) is 30.5 Å². The third kappa shape index (κ3) is 2.04. The third-order valence-electron chi connectivity index (χ3n) is 2.48. The SMILES string of the molecule is COc1cc(F)ccc1OC1(C)CNC1. The fourth-order valence-corrected chi connectivity index (χ4v) is 1.54. The van der Waals surface area contributed by atoms with Crippen molar-refractivity contribution in [3.8, 4) is 11.5 Å². The minimum atomic E-state index is -0.323. The van der Waals surface area contributed by atoms with E-state index in [1.165, 1.54) is 19.2 Å². The molecule has 82 valence electrons.